The number of nitrogens with zero attached hydrogens (tertiary/aromatic N) is 3. The average Bonchev–Trinajstić information content (AvgIpc) is 3.09. The number of rotatable bonds is 3. The summed E-state index contributed by atoms with van der Waals surface area (Å²) < 4.78 is 0. The van der Waals surface area contributed by atoms with Crippen LogP contribution in [-0.2, 0) is 4.79 Å². The Morgan fingerprint density at radius 2 is 1.91 bits per heavy atom. The molecule has 0 radical (unpaired) electrons. The number of aliphatic hydroxyl groups excluding tert-OH is 1. The summed E-state index contributed by atoms with van der Waals surface area (Å²) in [6.45, 7) is 5.34. The molecule has 0 unspecified atom stereocenters. The highest BCUT2D eigenvalue weighted by Crippen LogP contribution is 2.25. The Kier molecular flexibility index (Phi) is 4.62. The summed E-state index contributed by atoms with van der Waals surface area (Å²) in [7, 11) is 0. The SMILES string of the molecule is C[C@H](O)c1cccc(N2CCC(C(=O)N3CCCC3)CC2)n1. The number of pyridine rings is 1. The summed E-state index contributed by atoms with van der Waals surface area (Å²) in [5.41, 5.74) is 0.702. The minimum Gasteiger partial charge on any atom is -0.387 e. The lowest BCUT2D eigenvalue weighted by Crippen LogP contribution is -2.42. The Hall–Kier alpha value is -1.62. The Morgan fingerprint density at radius 3 is 2.55 bits per heavy atom. The zero-order valence-corrected chi connectivity index (χ0v) is 13.2. The fourth-order valence-corrected chi connectivity index (χ4v) is 3.40. The maximum absolute atomic E-state index is 12.4. The van der Waals surface area contributed by atoms with E-state index in [2.05, 4.69) is 9.88 Å². The quantitative estimate of drug-likeness (QED) is 0.927. The molecule has 3 rings (SSSR count). The molecule has 1 atom stereocenters. The van der Waals surface area contributed by atoms with Crippen LogP contribution in [0.5, 0.6) is 0 Å². The molecular formula is C17H25N3O2. The molecule has 0 saturated carbocycles. The lowest BCUT2D eigenvalue weighted by Gasteiger charge is -2.34. The number of piperidine rings is 1. The molecule has 2 fully saturated rings. The van der Waals surface area contributed by atoms with E-state index in [9.17, 15) is 9.90 Å². The maximum atomic E-state index is 12.4. The summed E-state index contributed by atoms with van der Waals surface area (Å²) in [5.74, 6) is 1.43. The molecule has 3 heterocycles. The Bertz CT molecular complexity index is 518. The molecule has 0 bridgehead atoms. The van der Waals surface area contributed by atoms with Gasteiger partial charge in [-0.1, -0.05) is 6.07 Å². The second-order valence-corrected chi connectivity index (χ2v) is 6.39. The number of carbonyl (C=O) groups is 1. The van der Waals surface area contributed by atoms with Crippen LogP contribution in [-0.4, -0.2) is 47.1 Å². The van der Waals surface area contributed by atoms with Crippen molar-refractivity contribution in [2.45, 2.75) is 38.7 Å². The molecule has 0 aromatic carbocycles. The van der Waals surface area contributed by atoms with Crippen LogP contribution in [0.1, 0.15) is 44.4 Å². The second-order valence-electron chi connectivity index (χ2n) is 6.39. The Balaban J connectivity index is 1.59. The summed E-state index contributed by atoms with van der Waals surface area (Å²) in [6, 6.07) is 5.76. The molecule has 2 saturated heterocycles. The molecule has 2 aliphatic rings. The molecule has 22 heavy (non-hydrogen) atoms. The number of likely N-dealkylation sites (tertiary alicyclic amines) is 1. The number of aliphatic hydroxyl groups is 1. The van der Waals surface area contributed by atoms with Crippen LogP contribution >= 0.6 is 0 Å². The molecule has 5 nitrogen and oxygen atoms in total. The van der Waals surface area contributed by atoms with Crippen LogP contribution in [0, 0.1) is 5.92 Å². The van der Waals surface area contributed by atoms with Gasteiger partial charge in [-0.25, -0.2) is 4.98 Å². The molecule has 0 aliphatic carbocycles. The summed E-state index contributed by atoms with van der Waals surface area (Å²) >= 11 is 0. The Labute approximate surface area is 131 Å². The van der Waals surface area contributed by atoms with Crippen molar-refractivity contribution in [2.24, 2.45) is 5.92 Å². The first kappa shape index (κ1) is 15.3. The van der Waals surface area contributed by atoms with Crippen molar-refractivity contribution in [1.29, 1.82) is 0 Å². The predicted octanol–water partition coefficient (Wildman–Crippen LogP) is 1.97. The maximum Gasteiger partial charge on any atom is 0.225 e. The fourth-order valence-electron chi connectivity index (χ4n) is 3.40. The summed E-state index contributed by atoms with van der Waals surface area (Å²) in [4.78, 5) is 21.2. The Morgan fingerprint density at radius 1 is 1.23 bits per heavy atom. The second kappa shape index (κ2) is 6.65. The van der Waals surface area contributed by atoms with Crippen molar-refractivity contribution in [1.82, 2.24) is 9.88 Å². The van der Waals surface area contributed by atoms with Crippen LogP contribution in [0.4, 0.5) is 5.82 Å². The molecule has 1 amide bonds. The van der Waals surface area contributed by atoms with Gasteiger partial charge < -0.3 is 14.9 Å². The van der Waals surface area contributed by atoms with Gasteiger partial charge in [-0.2, -0.15) is 0 Å². The molecular weight excluding hydrogens is 278 g/mol. The molecule has 0 spiro atoms. The highest BCUT2D eigenvalue weighted by molar-refractivity contribution is 5.79. The van der Waals surface area contributed by atoms with Gasteiger partial charge >= 0.3 is 0 Å². The van der Waals surface area contributed by atoms with E-state index < -0.39 is 6.10 Å². The summed E-state index contributed by atoms with van der Waals surface area (Å²) in [6.07, 6.45) is 3.56. The van der Waals surface area contributed by atoms with Crippen molar-refractivity contribution in [3.63, 3.8) is 0 Å². The van der Waals surface area contributed by atoms with Crippen molar-refractivity contribution in [3.8, 4) is 0 Å². The highest BCUT2D eigenvalue weighted by atomic mass is 16.3. The molecule has 5 heteroatoms. The van der Waals surface area contributed by atoms with E-state index >= 15 is 0 Å². The topological polar surface area (TPSA) is 56.7 Å². The van der Waals surface area contributed by atoms with Gasteiger partial charge in [-0.15, -0.1) is 0 Å². The van der Waals surface area contributed by atoms with E-state index in [-0.39, 0.29) is 5.92 Å². The van der Waals surface area contributed by atoms with E-state index in [0.717, 1.165) is 57.7 Å². The van der Waals surface area contributed by atoms with E-state index in [1.54, 1.807) is 6.92 Å². The standard InChI is InChI=1S/C17H25N3O2/c1-13(21)15-5-4-6-16(18-15)19-11-7-14(8-12-19)17(22)20-9-2-3-10-20/h4-6,13-14,21H,2-3,7-12H2,1H3/t13-/m0/s1. The van der Waals surface area contributed by atoms with Crippen molar-refractivity contribution < 1.29 is 9.90 Å². The minimum absolute atomic E-state index is 0.175. The largest absolute Gasteiger partial charge is 0.387 e. The van der Waals surface area contributed by atoms with Gasteiger partial charge in [0.05, 0.1) is 11.8 Å². The first-order chi connectivity index (χ1) is 10.6. The van der Waals surface area contributed by atoms with Gasteiger partial charge in [0.1, 0.15) is 5.82 Å². The van der Waals surface area contributed by atoms with E-state index in [1.807, 2.05) is 23.1 Å². The first-order valence-electron chi connectivity index (χ1n) is 8.34. The van der Waals surface area contributed by atoms with Crippen molar-refractivity contribution >= 4 is 11.7 Å². The normalized spacial score (nSPS) is 21.2. The highest BCUT2D eigenvalue weighted by Gasteiger charge is 2.30. The van der Waals surface area contributed by atoms with E-state index in [4.69, 9.17) is 0 Å². The lowest BCUT2D eigenvalue weighted by molar-refractivity contribution is -0.135. The molecule has 1 N–H and O–H groups in total. The number of anilines is 1. The van der Waals surface area contributed by atoms with Crippen LogP contribution in [0.3, 0.4) is 0 Å². The van der Waals surface area contributed by atoms with Gasteiger partial charge in [0, 0.05) is 32.1 Å². The molecule has 120 valence electrons. The van der Waals surface area contributed by atoms with Gasteiger partial charge in [0.25, 0.3) is 0 Å². The van der Waals surface area contributed by atoms with Gasteiger partial charge in [0.2, 0.25) is 5.91 Å². The van der Waals surface area contributed by atoms with Crippen LogP contribution in [0.15, 0.2) is 18.2 Å². The third-order valence-electron chi connectivity index (χ3n) is 4.77. The summed E-state index contributed by atoms with van der Waals surface area (Å²) in [5, 5.41) is 9.65. The third kappa shape index (κ3) is 3.24. The number of hydrogen-bond donors (Lipinski definition) is 1. The van der Waals surface area contributed by atoms with Gasteiger partial charge in [0.15, 0.2) is 0 Å². The molecule has 1 aromatic rings. The van der Waals surface area contributed by atoms with Crippen molar-refractivity contribution in [3.05, 3.63) is 23.9 Å². The zero-order valence-electron chi connectivity index (χ0n) is 13.2. The van der Waals surface area contributed by atoms with Crippen molar-refractivity contribution in [2.75, 3.05) is 31.1 Å². The lowest BCUT2D eigenvalue weighted by atomic mass is 9.95. The zero-order chi connectivity index (χ0) is 15.5. The van der Waals surface area contributed by atoms with E-state index in [0.29, 0.717) is 11.6 Å². The number of hydrogen-bond acceptors (Lipinski definition) is 4. The number of carbonyl (C=O) groups excluding carboxylic acids is 1. The third-order valence-corrected chi connectivity index (χ3v) is 4.77. The van der Waals surface area contributed by atoms with Crippen LogP contribution in [0.25, 0.3) is 0 Å². The molecule has 1 aromatic heterocycles. The number of aromatic nitrogens is 1. The smallest absolute Gasteiger partial charge is 0.225 e. The van der Waals surface area contributed by atoms with Crippen LogP contribution < -0.4 is 4.90 Å². The monoisotopic (exact) mass is 303 g/mol. The van der Waals surface area contributed by atoms with E-state index in [1.165, 1.54) is 0 Å². The fraction of sp³-hybridized carbons (Fsp3) is 0.647. The van der Waals surface area contributed by atoms with Gasteiger partial charge in [-0.3, -0.25) is 4.79 Å². The minimum atomic E-state index is -0.547. The van der Waals surface area contributed by atoms with Crippen LogP contribution in [0.2, 0.25) is 0 Å². The average molecular weight is 303 g/mol. The molecule has 2 aliphatic heterocycles. The van der Waals surface area contributed by atoms with Gasteiger partial charge in [-0.05, 0) is 44.7 Å². The predicted molar refractivity (Wildman–Crippen MR) is 85.6 cm³/mol. The first-order valence-corrected chi connectivity index (χ1v) is 8.34. The number of amides is 1.